The van der Waals surface area contributed by atoms with Crippen molar-refractivity contribution < 1.29 is 14.3 Å². The quantitative estimate of drug-likeness (QED) is 0.572. The van der Waals surface area contributed by atoms with E-state index < -0.39 is 5.41 Å². The van der Waals surface area contributed by atoms with E-state index in [-0.39, 0.29) is 11.8 Å². The van der Waals surface area contributed by atoms with Crippen LogP contribution in [0.2, 0.25) is 5.02 Å². The van der Waals surface area contributed by atoms with Gasteiger partial charge in [-0.1, -0.05) is 17.7 Å². The maximum atomic E-state index is 13.3. The molecule has 3 heterocycles. The van der Waals surface area contributed by atoms with Gasteiger partial charge >= 0.3 is 0 Å². The second-order valence-electron chi connectivity index (χ2n) is 9.58. The Morgan fingerprint density at radius 1 is 1.12 bits per heavy atom. The highest BCUT2D eigenvalue weighted by Gasteiger charge is 2.41. The Labute approximate surface area is 206 Å². The molecule has 8 nitrogen and oxygen atoms in total. The molecule has 0 unspecified atom stereocenters. The summed E-state index contributed by atoms with van der Waals surface area (Å²) in [5, 5.41) is 0.611. The monoisotopic (exact) mass is 487 g/mol. The molecule has 0 spiro atoms. The minimum absolute atomic E-state index is 0.104. The summed E-state index contributed by atoms with van der Waals surface area (Å²) in [7, 11) is 2.08. The van der Waals surface area contributed by atoms with E-state index in [0.29, 0.717) is 49.9 Å². The van der Waals surface area contributed by atoms with Crippen LogP contribution in [0.25, 0.3) is 0 Å². The van der Waals surface area contributed by atoms with Crippen molar-refractivity contribution in [2.24, 2.45) is 5.41 Å². The summed E-state index contributed by atoms with van der Waals surface area (Å²) in [6, 6.07) is 7.32. The molecule has 9 heteroatoms. The van der Waals surface area contributed by atoms with E-state index in [4.69, 9.17) is 16.3 Å². The zero-order valence-electron chi connectivity index (χ0n) is 19.9. The lowest BCUT2D eigenvalue weighted by Crippen LogP contribution is -2.53. The molecular formula is C25H34ClN5O3. The molecule has 34 heavy (non-hydrogen) atoms. The van der Waals surface area contributed by atoms with Crippen LogP contribution < -0.4 is 4.74 Å². The summed E-state index contributed by atoms with van der Waals surface area (Å²) in [5.74, 6) is 0.936. The van der Waals surface area contributed by atoms with Crippen LogP contribution >= 0.6 is 11.6 Å². The lowest BCUT2D eigenvalue weighted by molar-refractivity contribution is -0.142. The number of halogens is 1. The summed E-state index contributed by atoms with van der Waals surface area (Å²) in [4.78, 5) is 36.5. The average molecular weight is 488 g/mol. The number of aromatic nitrogens is 2. The molecule has 0 aliphatic carbocycles. The Kier molecular flexibility index (Phi) is 8.11. The van der Waals surface area contributed by atoms with Gasteiger partial charge in [0.05, 0.1) is 12.9 Å². The number of likely N-dealkylation sites (tertiary alicyclic amines) is 1. The van der Waals surface area contributed by atoms with Crippen molar-refractivity contribution in [1.29, 1.82) is 0 Å². The molecule has 2 aliphatic rings. The Bertz CT molecular complexity index is 961. The predicted octanol–water partition coefficient (Wildman–Crippen LogP) is 2.78. The van der Waals surface area contributed by atoms with E-state index >= 15 is 0 Å². The van der Waals surface area contributed by atoms with E-state index in [2.05, 4.69) is 16.9 Å². The fourth-order valence-electron chi connectivity index (χ4n) is 4.82. The molecule has 0 saturated carbocycles. The summed E-state index contributed by atoms with van der Waals surface area (Å²) in [6.45, 7) is 5.47. The number of rotatable bonds is 8. The highest BCUT2D eigenvalue weighted by atomic mass is 35.5. The van der Waals surface area contributed by atoms with E-state index in [1.807, 2.05) is 38.8 Å². The number of piperidine rings is 1. The standard InChI is InChI=1S/C25H34ClN5O3/c1-28-12-14-30(15-13-28)24(33)17-25(19-34-22-5-2-4-21(26)16-22)7-3-9-31(18-25)23(32)6-10-29-11-8-27-20-29/h2,4-5,8,11,16,20H,3,6-7,9-10,12-15,17-19H2,1H3/t25-/m0/s1. The number of likely N-dealkylation sites (N-methyl/N-ethyl adjacent to an activating group) is 1. The summed E-state index contributed by atoms with van der Waals surface area (Å²) in [6.07, 6.45) is 7.79. The van der Waals surface area contributed by atoms with Crippen LogP contribution in [-0.4, -0.2) is 89.0 Å². The molecule has 1 aromatic heterocycles. The van der Waals surface area contributed by atoms with Gasteiger partial charge in [0.2, 0.25) is 11.8 Å². The van der Waals surface area contributed by atoms with Crippen molar-refractivity contribution in [3.8, 4) is 5.75 Å². The van der Waals surface area contributed by atoms with Gasteiger partial charge in [0.15, 0.2) is 0 Å². The number of ether oxygens (including phenoxy) is 1. The van der Waals surface area contributed by atoms with Crippen LogP contribution in [0.3, 0.4) is 0 Å². The summed E-state index contributed by atoms with van der Waals surface area (Å²) >= 11 is 6.14. The van der Waals surface area contributed by atoms with Gasteiger partial charge in [0.25, 0.3) is 0 Å². The minimum atomic E-state index is -0.425. The van der Waals surface area contributed by atoms with Gasteiger partial charge in [0, 0.05) is 81.5 Å². The SMILES string of the molecule is CN1CCN(C(=O)C[C@@]2(COc3cccc(Cl)c3)CCCN(C(=O)CCn3ccnc3)C2)CC1. The van der Waals surface area contributed by atoms with Crippen molar-refractivity contribution in [3.63, 3.8) is 0 Å². The minimum Gasteiger partial charge on any atom is -0.493 e. The molecular weight excluding hydrogens is 454 g/mol. The second kappa shape index (κ2) is 11.2. The Hall–Kier alpha value is -2.58. The molecule has 2 saturated heterocycles. The molecule has 0 N–H and O–H groups in total. The first kappa shape index (κ1) is 24.5. The number of carbonyl (C=O) groups excluding carboxylic acids is 2. The third kappa shape index (κ3) is 6.51. The number of nitrogens with zero attached hydrogens (tertiary/aromatic N) is 5. The van der Waals surface area contributed by atoms with Crippen molar-refractivity contribution in [2.45, 2.75) is 32.2 Å². The molecule has 4 rings (SSSR count). The number of piperazine rings is 1. The molecule has 2 amide bonds. The lowest BCUT2D eigenvalue weighted by atomic mass is 9.77. The van der Waals surface area contributed by atoms with Gasteiger partial charge < -0.3 is 24.0 Å². The first-order valence-corrected chi connectivity index (χ1v) is 12.4. The fourth-order valence-corrected chi connectivity index (χ4v) is 5.00. The van der Waals surface area contributed by atoms with Gasteiger partial charge in [-0.15, -0.1) is 0 Å². The van der Waals surface area contributed by atoms with Crippen LogP contribution in [0.4, 0.5) is 0 Å². The zero-order chi connectivity index (χ0) is 24.0. The molecule has 0 bridgehead atoms. The van der Waals surface area contributed by atoms with Gasteiger partial charge in [0.1, 0.15) is 5.75 Å². The van der Waals surface area contributed by atoms with Gasteiger partial charge in [-0.25, -0.2) is 4.98 Å². The van der Waals surface area contributed by atoms with E-state index in [1.165, 1.54) is 0 Å². The number of benzene rings is 1. The van der Waals surface area contributed by atoms with E-state index in [0.717, 1.165) is 39.0 Å². The largest absolute Gasteiger partial charge is 0.493 e. The number of carbonyl (C=O) groups is 2. The predicted molar refractivity (Wildman–Crippen MR) is 131 cm³/mol. The van der Waals surface area contributed by atoms with Crippen LogP contribution in [0.15, 0.2) is 43.0 Å². The number of amides is 2. The van der Waals surface area contributed by atoms with Crippen molar-refractivity contribution in [2.75, 3.05) is 52.9 Å². The topological polar surface area (TPSA) is 70.9 Å². The van der Waals surface area contributed by atoms with Gasteiger partial charge in [-0.3, -0.25) is 9.59 Å². The molecule has 1 aromatic carbocycles. The Balaban J connectivity index is 1.45. The molecule has 2 aliphatic heterocycles. The van der Waals surface area contributed by atoms with Crippen molar-refractivity contribution >= 4 is 23.4 Å². The third-order valence-corrected chi connectivity index (χ3v) is 7.12. The smallest absolute Gasteiger partial charge is 0.224 e. The second-order valence-corrected chi connectivity index (χ2v) is 10.0. The first-order chi connectivity index (χ1) is 16.4. The number of imidazole rings is 1. The summed E-state index contributed by atoms with van der Waals surface area (Å²) in [5.41, 5.74) is -0.425. The maximum Gasteiger partial charge on any atom is 0.224 e. The molecule has 2 fully saturated rings. The van der Waals surface area contributed by atoms with Crippen LogP contribution in [0.5, 0.6) is 5.75 Å². The van der Waals surface area contributed by atoms with Gasteiger partial charge in [-0.2, -0.15) is 0 Å². The summed E-state index contributed by atoms with van der Waals surface area (Å²) < 4.78 is 8.08. The van der Waals surface area contributed by atoms with Crippen molar-refractivity contribution in [3.05, 3.63) is 48.0 Å². The lowest BCUT2D eigenvalue weighted by Gasteiger charge is -2.43. The molecule has 1 atom stereocenters. The zero-order valence-corrected chi connectivity index (χ0v) is 20.6. The number of hydrogen-bond donors (Lipinski definition) is 0. The van der Waals surface area contributed by atoms with Gasteiger partial charge in [-0.05, 0) is 38.1 Å². The highest BCUT2D eigenvalue weighted by Crippen LogP contribution is 2.36. The van der Waals surface area contributed by atoms with Crippen LogP contribution in [0, 0.1) is 5.41 Å². The van der Waals surface area contributed by atoms with E-state index in [1.54, 1.807) is 18.6 Å². The highest BCUT2D eigenvalue weighted by molar-refractivity contribution is 6.30. The normalized spacial score (nSPS) is 21.5. The van der Waals surface area contributed by atoms with Crippen LogP contribution in [0.1, 0.15) is 25.7 Å². The molecule has 184 valence electrons. The third-order valence-electron chi connectivity index (χ3n) is 6.88. The molecule has 2 aromatic rings. The number of hydrogen-bond acceptors (Lipinski definition) is 5. The van der Waals surface area contributed by atoms with Crippen LogP contribution in [-0.2, 0) is 16.1 Å². The average Bonchev–Trinajstić information content (AvgIpc) is 3.36. The Morgan fingerprint density at radius 3 is 2.68 bits per heavy atom. The van der Waals surface area contributed by atoms with Crippen molar-refractivity contribution in [1.82, 2.24) is 24.3 Å². The van der Waals surface area contributed by atoms with E-state index in [9.17, 15) is 9.59 Å². The first-order valence-electron chi connectivity index (χ1n) is 12.0. The number of aryl methyl sites for hydroxylation is 1. The Morgan fingerprint density at radius 2 is 1.94 bits per heavy atom. The maximum absolute atomic E-state index is 13.3. The molecule has 0 radical (unpaired) electrons. The fraction of sp³-hybridized carbons (Fsp3) is 0.560.